The van der Waals surface area contributed by atoms with Crippen LogP contribution in [0.1, 0.15) is 36.0 Å². The predicted molar refractivity (Wildman–Crippen MR) is 74.0 cm³/mol. The molecule has 0 N–H and O–H groups in total. The molecule has 1 aromatic rings. The largest absolute Gasteiger partial charge is 0.374 e. The van der Waals surface area contributed by atoms with Crippen molar-refractivity contribution in [2.24, 2.45) is 17.8 Å². The molecule has 0 saturated heterocycles. The van der Waals surface area contributed by atoms with Crippen molar-refractivity contribution >= 4 is 12.0 Å². The molecule has 3 rings (SSSR count). The SMILES string of the molecule is CN(CC1CC2CCC1C2)c1cc(F)cc(C=O)c1. The summed E-state index contributed by atoms with van der Waals surface area (Å²) in [6, 6.07) is 4.56. The second kappa shape index (κ2) is 4.95. The molecule has 0 radical (unpaired) electrons. The van der Waals surface area contributed by atoms with Gasteiger partial charge in [-0.05, 0) is 55.2 Å². The summed E-state index contributed by atoms with van der Waals surface area (Å²) >= 11 is 0. The number of carbonyl (C=O) groups is 1. The lowest BCUT2D eigenvalue weighted by molar-refractivity contribution is 0.112. The highest BCUT2D eigenvalue weighted by Gasteiger charge is 2.39. The minimum atomic E-state index is -0.334. The Morgan fingerprint density at radius 3 is 2.79 bits per heavy atom. The van der Waals surface area contributed by atoms with Gasteiger partial charge in [0.1, 0.15) is 12.1 Å². The molecule has 0 aromatic heterocycles. The van der Waals surface area contributed by atoms with Crippen molar-refractivity contribution in [1.82, 2.24) is 0 Å². The Labute approximate surface area is 113 Å². The van der Waals surface area contributed by atoms with E-state index in [4.69, 9.17) is 0 Å². The molecule has 3 heteroatoms. The summed E-state index contributed by atoms with van der Waals surface area (Å²) in [4.78, 5) is 12.9. The van der Waals surface area contributed by atoms with Crippen LogP contribution >= 0.6 is 0 Å². The number of fused-ring (bicyclic) bond motifs is 2. The Balaban J connectivity index is 1.71. The van der Waals surface area contributed by atoms with Crippen LogP contribution in [0.25, 0.3) is 0 Å². The molecule has 2 bridgehead atoms. The monoisotopic (exact) mass is 261 g/mol. The molecule has 0 spiro atoms. The average molecular weight is 261 g/mol. The van der Waals surface area contributed by atoms with Crippen LogP contribution in [0.5, 0.6) is 0 Å². The topological polar surface area (TPSA) is 20.3 Å². The van der Waals surface area contributed by atoms with Crippen molar-refractivity contribution in [3.8, 4) is 0 Å². The molecule has 2 saturated carbocycles. The summed E-state index contributed by atoms with van der Waals surface area (Å²) in [5, 5.41) is 0. The van der Waals surface area contributed by atoms with Crippen LogP contribution in [0.4, 0.5) is 10.1 Å². The van der Waals surface area contributed by atoms with Crippen LogP contribution in [0.2, 0.25) is 0 Å². The lowest BCUT2D eigenvalue weighted by Crippen LogP contribution is -2.28. The Kier molecular flexibility index (Phi) is 3.29. The molecule has 3 unspecified atom stereocenters. The number of nitrogens with zero attached hydrogens (tertiary/aromatic N) is 1. The normalized spacial score (nSPS) is 28.6. The van der Waals surface area contributed by atoms with E-state index in [1.165, 1.54) is 37.8 Å². The molecule has 0 heterocycles. The van der Waals surface area contributed by atoms with Gasteiger partial charge in [0, 0.05) is 24.8 Å². The molecule has 1 aromatic carbocycles. The molecule has 0 amide bonds. The van der Waals surface area contributed by atoms with Gasteiger partial charge in [0.25, 0.3) is 0 Å². The van der Waals surface area contributed by atoms with Crippen molar-refractivity contribution < 1.29 is 9.18 Å². The number of aldehydes is 1. The number of benzene rings is 1. The Bertz CT molecular complexity index is 488. The van der Waals surface area contributed by atoms with E-state index in [1.807, 2.05) is 7.05 Å². The molecule has 102 valence electrons. The lowest BCUT2D eigenvalue weighted by Gasteiger charge is -2.28. The molecular formula is C16H20FNO. The number of rotatable bonds is 4. The van der Waals surface area contributed by atoms with Crippen molar-refractivity contribution in [2.75, 3.05) is 18.5 Å². The van der Waals surface area contributed by atoms with Gasteiger partial charge in [0.2, 0.25) is 0 Å². The van der Waals surface area contributed by atoms with Gasteiger partial charge in [0.15, 0.2) is 0 Å². The first-order valence-electron chi connectivity index (χ1n) is 7.12. The van der Waals surface area contributed by atoms with Gasteiger partial charge in [0.05, 0.1) is 0 Å². The standard InChI is InChI=1S/C16H20FNO/c1-18(9-14-5-11-2-3-13(14)4-11)16-7-12(10-19)6-15(17)8-16/h6-8,10-11,13-14H,2-5,9H2,1H3. The lowest BCUT2D eigenvalue weighted by atomic mass is 9.88. The second-order valence-electron chi connectivity index (χ2n) is 6.18. The zero-order valence-corrected chi connectivity index (χ0v) is 11.3. The molecule has 3 atom stereocenters. The van der Waals surface area contributed by atoms with E-state index >= 15 is 0 Å². The third kappa shape index (κ3) is 2.51. The Morgan fingerprint density at radius 2 is 2.16 bits per heavy atom. The number of hydrogen-bond donors (Lipinski definition) is 0. The highest BCUT2D eigenvalue weighted by molar-refractivity contribution is 5.77. The van der Waals surface area contributed by atoms with Gasteiger partial charge in [-0.2, -0.15) is 0 Å². The van der Waals surface area contributed by atoms with Gasteiger partial charge in [-0.3, -0.25) is 4.79 Å². The van der Waals surface area contributed by atoms with E-state index < -0.39 is 0 Å². The second-order valence-corrected chi connectivity index (χ2v) is 6.18. The van der Waals surface area contributed by atoms with E-state index in [0.717, 1.165) is 30.0 Å². The van der Waals surface area contributed by atoms with Crippen LogP contribution in [-0.4, -0.2) is 19.9 Å². The molecule has 19 heavy (non-hydrogen) atoms. The number of carbonyl (C=O) groups excluding carboxylic acids is 1. The molecule has 2 fully saturated rings. The summed E-state index contributed by atoms with van der Waals surface area (Å²) < 4.78 is 13.5. The van der Waals surface area contributed by atoms with E-state index in [0.29, 0.717) is 11.8 Å². The summed E-state index contributed by atoms with van der Waals surface area (Å²) in [5.41, 5.74) is 1.22. The minimum Gasteiger partial charge on any atom is -0.374 e. The molecule has 2 aliphatic rings. The van der Waals surface area contributed by atoms with Crippen LogP contribution < -0.4 is 4.90 Å². The van der Waals surface area contributed by atoms with Gasteiger partial charge in [-0.25, -0.2) is 4.39 Å². The fraction of sp³-hybridized carbons (Fsp3) is 0.562. The van der Waals surface area contributed by atoms with Crippen molar-refractivity contribution in [1.29, 1.82) is 0 Å². The molecule has 0 aliphatic heterocycles. The van der Waals surface area contributed by atoms with E-state index in [-0.39, 0.29) is 5.82 Å². The van der Waals surface area contributed by atoms with Crippen molar-refractivity contribution in [3.63, 3.8) is 0 Å². The fourth-order valence-corrected chi connectivity index (χ4v) is 3.94. The maximum absolute atomic E-state index is 13.5. The fourth-order valence-electron chi connectivity index (χ4n) is 3.94. The Hall–Kier alpha value is -1.38. The van der Waals surface area contributed by atoms with E-state index in [2.05, 4.69) is 4.90 Å². The number of hydrogen-bond acceptors (Lipinski definition) is 2. The summed E-state index contributed by atoms with van der Waals surface area (Å²) in [7, 11) is 2.00. The van der Waals surface area contributed by atoms with Gasteiger partial charge in [-0.1, -0.05) is 6.42 Å². The summed E-state index contributed by atoms with van der Waals surface area (Å²) in [6.07, 6.45) is 6.19. The molecule has 2 aliphatic carbocycles. The first-order valence-corrected chi connectivity index (χ1v) is 7.12. The van der Waals surface area contributed by atoms with E-state index in [1.54, 1.807) is 6.07 Å². The first-order chi connectivity index (χ1) is 9.15. The van der Waals surface area contributed by atoms with Crippen LogP contribution in [0.15, 0.2) is 18.2 Å². The predicted octanol–water partition coefficient (Wildman–Crippen LogP) is 3.51. The third-order valence-electron chi connectivity index (χ3n) is 4.87. The van der Waals surface area contributed by atoms with Crippen LogP contribution in [0.3, 0.4) is 0 Å². The third-order valence-corrected chi connectivity index (χ3v) is 4.87. The number of anilines is 1. The van der Waals surface area contributed by atoms with Gasteiger partial charge in [-0.15, -0.1) is 0 Å². The average Bonchev–Trinajstić information content (AvgIpc) is 3.00. The van der Waals surface area contributed by atoms with Crippen LogP contribution in [-0.2, 0) is 0 Å². The highest BCUT2D eigenvalue weighted by atomic mass is 19.1. The summed E-state index contributed by atoms with van der Waals surface area (Å²) in [6.45, 7) is 0.975. The maximum Gasteiger partial charge on any atom is 0.150 e. The molecular weight excluding hydrogens is 241 g/mol. The quantitative estimate of drug-likeness (QED) is 0.773. The zero-order chi connectivity index (χ0) is 13.4. The zero-order valence-electron chi connectivity index (χ0n) is 11.3. The minimum absolute atomic E-state index is 0.334. The van der Waals surface area contributed by atoms with Gasteiger partial charge >= 0.3 is 0 Å². The highest BCUT2D eigenvalue weighted by Crippen LogP contribution is 2.48. The van der Waals surface area contributed by atoms with Crippen LogP contribution in [0, 0.1) is 23.6 Å². The first kappa shape index (κ1) is 12.6. The number of halogens is 1. The smallest absolute Gasteiger partial charge is 0.150 e. The van der Waals surface area contributed by atoms with E-state index in [9.17, 15) is 9.18 Å². The van der Waals surface area contributed by atoms with Gasteiger partial charge < -0.3 is 4.90 Å². The summed E-state index contributed by atoms with van der Waals surface area (Å²) in [5.74, 6) is 2.21. The maximum atomic E-state index is 13.5. The Morgan fingerprint density at radius 1 is 1.32 bits per heavy atom. The molecule has 2 nitrogen and oxygen atoms in total. The van der Waals surface area contributed by atoms with Crippen molar-refractivity contribution in [3.05, 3.63) is 29.6 Å². The van der Waals surface area contributed by atoms with Crippen molar-refractivity contribution in [2.45, 2.75) is 25.7 Å².